The molecule has 0 unspecified atom stereocenters. The molecule has 3 rings (SSSR count). The number of piperidine rings is 1. The maximum atomic E-state index is 13.6. The summed E-state index contributed by atoms with van der Waals surface area (Å²) in [6.07, 6.45) is 0.448. The highest BCUT2D eigenvalue weighted by atomic mass is 19.1. The predicted molar refractivity (Wildman–Crippen MR) is 72.1 cm³/mol. The fraction of sp³-hybridized carbons (Fsp3) is 0.429. The molecule has 1 N–H and O–H groups in total. The number of halogens is 1. The molecule has 1 aromatic carbocycles. The SMILES string of the molecule is COc1c(F)ccc2c(C3CCN(C(=O)O)CC3)noc12. The van der Waals surface area contributed by atoms with Crippen molar-refractivity contribution in [1.29, 1.82) is 0 Å². The first-order chi connectivity index (χ1) is 10.1. The van der Waals surface area contributed by atoms with Gasteiger partial charge in [-0.15, -0.1) is 0 Å². The van der Waals surface area contributed by atoms with E-state index in [0.717, 1.165) is 11.1 Å². The quantitative estimate of drug-likeness (QED) is 0.921. The van der Waals surface area contributed by atoms with Crippen LogP contribution in [0.25, 0.3) is 11.0 Å². The van der Waals surface area contributed by atoms with E-state index in [4.69, 9.17) is 14.4 Å². The van der Waals surface area contributed by atoms with Crippen molar-refractivity contribution in [3.8, 4) is 5.75 Å². The molecule has 1 aromatic heterocycles. The fourth-order valence-corrected chi connectivity index (χ4v) is 2.80. The monoisotopic (exact) mass is 294 g/mol. The topological polar surface area (TPSA) is 75.8 Å². The number of aromatic nitrogens is 1. The number of likely N-dealkylation sites (tertiary alicyclic amines) is 1. The Labute approximate surface area is 120 Å². The van der Waals surface area contributed by atoms with Gasteiger partial charge in [-0.3, -0.25) is 0 Å². The number of hydrogen-bond donors (Lipinski definition) is 1. The molecule has 1 aliphatic heterocycles. The van der Waals surface area contributed by atoms with Crippen LogP contribution in [0.2, 0.25) is 0 Å². The number of ether oxygens (including phenoxy) is 1. The second-order valence-electron chi connectivity index (χ2n) is 5.07. The molecule has 21 heavy (non-hydrogen) atoms. The van der Waals surface area contributed by atoms with Crippen molar-refractivity contribution >= 4 is 17.1 Å². The Morgan fingerprint density at radius 2 is 2.19 bits per heavy atom. The Hall–Kier alpha value is -2.31. The van der Waals surface area contributed by atoms with Crippen molar-refractivity contribution < 1.29 is 23.6 Å². The fourth-order valence-electron chi connectivity index (χ4n) is 2.80. The van der Waals surface area contributed by atoms with Gasteiger partial charge >= 0.3 is 6.09 Å². The summed E-state index contributed by atoms with van der Waals surface area (Å²) in [6.45, 7) is 0.930. The van der Waals surface area contributed by atoms with Crippen LogP contribution >= 0.6 is 0 Å². The summed E-state index contributed by atoms with van der Waals surface area (Å²) in [5.74, 6) is -0.334. The van der Waals surface area contributed by atoms with Crippen molar-refractivity contribution in [3.05, 3.63) is 23.6 Å². The van der Waals surface area contributed by atoms with Gasteiger partial charge in [-0.2, -0.15) is 0 Å². The van der Waals surface area contributed by atoms with Crippen LogP contribution in [0.4, 0.5) is 9.18 Å². The minimum atomic E-state index is -0.901. The Bertz CT molecular complexity index is 677. The Morgan fingerprint density at radius 3 is 2.81 bits per heavy atom. The van der Waals surface area contributed by atoms with E-state index in [1.54, 1.807) is 6.07 Å². The minimum Gasteiger partial charge on any atom is -0.490 e. The van der Waals surface area contributed by atoms with Crippen molar-refractivity contribution in [2.24, 2.45) is 0 Å². The highest BCUT2D eigenvalue weighted by molar-refractivity contribution is 5.85. The molecule has 0 bridgehead atoms. The minimum absolute atomic E-state index is 0.0502. The summed E-state index contributed by atoms with van der Waals surface area (Å²) < 4.78 is 23.9. The van der Waals surface area contributed by atoms with E-state index in [2.05, 4.69) is 5.16 Å². The van der Waals surface area contributed by atoms with Gasteiger partial charge in [0.05, 0.1) is 12.8 Å². The first-order valence-corrected chi connectivity index (χ1v) is 6.71. The van der Waals surface area contributed by atoms with Crippen LogP contribution in [0.3, 0.4) is 0 Å². The normalized spacial score (nSPS) is 16.4. The van der Waals surface area contributed by atoms with Gasteiger partial charge in [-0.1, -0.05) is 5.16 Å². The molecule has 1 fully saturated rings. The standard InChI is InChI=1S/C14H15FN2O4/c1-20-13-10(15)3-2-9-11(16-21-12(9)13)8-4-6-17(7-5-8)14(18)19/h2-3,8H,4-7H2,1H3,(H,18,19). The Morgan fingerprint density at radius 1 is 1.48 bits per heavy atom. The van der Waals surface area contributed by atoms with E-state index in [1.807, 2.05) is 0 Å². The van der Waals surface area contributed by atoms with E-state index in [0.29, 0.717) is 31.5 Å². The van der Waals surface area contributed by atoms with Gasteiger partial charge in [0.25, 0.3) is 0 Å². The average molecular weight is 294 g/mol. The summed E-state index contributed by atoms with van der Waals surface area (Å²) in [5.41, 5.74) is 1.04. The lowest BCUT2D eigenvalue weighted by atomic mass is 9.92. The van der Waals surface area contributed by atoms with Gasteiger partial charge in [-0.25, -0.2) is 9.18 Å². The number of benzene rings is 1. The van der Waals surface area contributed by atoms with Crippen LogP contribution in [0.1, 0.15) is 24.5 Å². The third-order valence-electron chi connectivity index (χ3n) is 3.93. The molecule has 6 nitrogen and oxygen atoms in total. The third kappa shape index (κ3) is 2.28. The van der Waals surface area contributed by atoms with Crippen LogP contribution in [0.15, 0.2) is 16.7 Å². The van der Waals surface area contributed by atoms with Crippen LogP contribution in [-0.2, 0) is 0 Å². The summed E-state index contributed by atoms with van der Waals surface area (Å²) in [6, 6.07) is 2.96. The molecule has 0 spiro atoms. The van der Waals surface area contributed by atoms with Gasteiger partial charge in [0.2, 0.25) is 11.3 Å². The smallest absolute Gasteiger partial charge is 0.407 e. The lowest BCUT2D eigenvalue weighted by Gasteiger charge is -2.28. The molecule has 2 aromatic rings. The Balaban J connectivity index is 1.91. The molecule has 0 radical (unpaired) electrons. The van der Waals surface area contributed by atoms with E-state index < -0.39 is 11.9 Å². The number of amides is 1. The second kappa shape index (κ2) is 5.23. The van der Waals surface area contributed by atoms with Gasteiger partial charge in [0, 0.05) is 24.4 Å². The van der Waals surface area contributed by atoms with Crippen molar-refractivity contribution in [3.63, 3.8) is 0 Å². The first kappa shape index (κ1) is 13.7. The highest BCUT2D eigenvalue weighted by Crippen LogP contribution is 2.36. The van der Waals surface area contributed by atoms with Gasteiger partial charge in [0.15, 0.2) is 5.82 Å². The largest absolute Gasteiger partial charge is 0.490 e. The Kier molecular flexibility index (Phi) is 3.40. The zero-order valence-electron chi connectivity index (χ0n) is 11.5. The van der Waals surface area contributed by atoms with Crippen molar-refractivity contribution in [2.45, 2.75) is 18.8 Å². The number of carboxylic acid groups (broad SMARTS) is 1. The first-order valence-electron chi connectivity index (χ1n) is 6.71. The number of hydrogen-bond acceptors (Lipinski definition) is 4. The van der Waals surface area contributed by atoms with E-state index >= 15 is 0 Å². The molecule has 1 amide bonds. The summed E-state index contributed by atoms with van der Waals surface area (Å²) in [5, 5.41) is 13.7. The molecule has 0 saturated carbocycles. The van der Waals surface area contributed by atoms with E-state index in [-0.39, 0.29) is 11.7 Å². The molecule has 1 aliphatic rings. The van der Waals surface area contributed by atoms with Crippen molar-refractivity contribution in [1.82, 2.24) is 10.1 Å². The summed E-state index contributed by atoms with van der Waals surface area (Å²) in [4.78, 5) is 12.3. The zero-order chi connectivity index (χ0) is 15.0. The molecular weight excluding hydrogens is 279 g/mol. The van der Waals surface area contributed by atoms with Crippen LogP contribution in [0, 0.1) is 5.82 Å². The highest BCUT2D eigenvalue weighted by Gasteiger charge is 2.28. The molecule has 2 heterocycles. The van der Waals surface area contributed by atoms with Gasteiger partial charge in [-0.05, 0) is 25.0 Å². The maximum absolute atomic E-state index is 13.6. The van der Waals surface area contributed by atoms with Crippen LogP contribution < -0.4 is 4.74 Å². The number of nitrogens with zero attached hydrogens (tertiary/aromatic N) is 2. The van der Waals surface area contributed by atoms with E-state index in [9.17, 15) is 9.18 Å². The molecule has 7 heteroatoms. The number of rotatable bonds is 2. The maximum Gasteiger partial charge on any atom is 0.407 e. The van der Waals surface area contributed by atoms with E-state index in [1.165, 1.54) is 18.1 Å². The molecule has 0 atom stereocenters. The molecule has 1 saturated heterocycles. The average Bonchev–Trinajstić information content (AvgIpc) is 2.91. The van der Waals surface area contributed by atoms with Crippen molar-refractivity contribution in [2.75, 3.05) is 20.2 Å². The summed E-state index contributed by atoms with van der Waals surface area (Å²) >= 11 is 0. The predicted octanol–water partition coefficient (Wildman–Crippen LogP) is 2.83. The molecule has 112 valence electrons. The second-order valence-corrected chi connectivity index (χ2v) is 5.07. The lowest BCUT2D eigenvalue weighted by molar-refractivity contribution is 0.131. The molecular formula is C14H15FN2O4. The van der Waals surface area contributed by atoms with Gasteiger partial charge in [0.1, 0.15) is 0 Å². The summed E-state index contributed by atoms with van der Waals surface area (Å²) in [7, 11) is 1.38. The number of methoxy groups -OCH3 is 1. The third-order valence-corrected chi connectivity index (χ3v) is 3.93. The van der Waals surface area contributed by atoms with Crippen LogP contribution in [0.5, 0.6) is 5.75 Å². The number of fused-ring (bicyclic) bond motifs is 1. The van der Waals surface area contributed by atoms with Crippen LogP contribution in [-0.4, -0.2) is 41.5 Å². The zero-order valence-corrected chi connectivity index (χ0v) is 11.5. The number of carbonyl (C=O) groups is 1. The van der Waals surface area contributed by atoms with Gasteiger partial charge < -0.3 is 19.3 Å². The lowest BCUT2D eigenvalue weighted by Crippen LogP contribution is -2.36. The molecule has 0 aliphatic carbocycles.